The Hall–Kier alpha value is -0.603. The highest BCUT2D eigenvalue weighted by atomic mass is 28.2. The normalized spacial score (nSPS) is 11.1. The molecule has 0 amide bonds. The van der Waals surface area contributed by atoms with Crippen LogP contribution < -0.4 is 10.6 Å². The molecule has 0 saturated heterocycles. The van der Waals surface area contributed by atoms with Crippen molar-refractivity contribution in [3.05, 3.63) is 29.3 Å². The maximum Gasteiger partial charge on any atom is 0.122 e. The molecule has 0 heterocycles. The fraction of sp³-hybridized carbons (Fsp3) is 0.250. The van der Waals surface area contributed by atoms with Gasteiger partial charge in [-0.05, 0) is 19.0 Å². The highest BCUT2D eigenvalue weighted by Crippen LogP contribution is 1.98. The second-order valence-corrected chi connectivity index (χ2v) is 3.92. The molecule has 54 valence electrons. The Morgan fingerprint density at radius 3 is 2.00 bits per heavy atom. The van der Waals surface area contributed by atoms with E-state index in [0.717, 1.165) is 0 Å². The van der Waals surface area contributed by atoms with Crippen LogP contribution in [0.25, 0.3) is 0 Å². The molecular weight excluding hydrogens is 138 g/mol. The van der Waals surface area contributed by atoms with Crippen LogP contribution in [0.2, 0.25) is 0 Å². The van der Waals surface area contributed by atoms with Gasteiger partial charge in [-0.1, -0.05) is 29.3 Å². The van der Waals surface area contributed by atoms with Crippen molar-refractivity contribution >= 4 is 14.9 Å². The molecular formula is C8H13NSi. The maximum atomic E-state index is 5.63. The van der Waals surface area contributed by atoms with Crippen molar-refractivity contribution in [2.75, 3.05) is 0 Å². The Kier molecular flexibility index (Phi) is 2.24. The van der Waals surface area contributed by atoms with E-state index < -0.39 is 9.68 Å². The van der Waals surface area contributed by atoms with Gasteiger partial charge in [-0.15, -0.1) is 0 Å². The van der Waals surface area contributed by atoms with Gasteiger partial charge in [0.25, 0.3) is 0 Å². The van der Waals surface area contributed by atoms with Crippen LogP contribution in [-0.4, -0.2) is 9.68 Å². The SMILES string of the molecule is Cc1cc(C)cc([SiH2]N)c1. The number of benzene rings is 1. The molecule has 10 heavy (non-hydrogen) atoms. The lowest BCUT2D eigenvalue weighted by Gasteiger charge is -1.99. The van der Waals surface area contributed by atoms with Crippen molar-refractivity contribution in [2.45, 2.75) is 13.8 Å². The summed E-state index contributed by atoms with van der Waals surface area (Å²) in [5.41, 5.74) is 2.65. The molecule has 0 bridgehead atoms. The third-order valence-corrected chi connectivity index (χ3v) is 2.40. The molecule has 2 heteroatoms. The molecule has 0 spiro atoms. The van der Waals surface area contributed by atoms with Gasteiger partial charge >= 0.3 is 0 Å². The number of rotatable bonds is 1. The fourth-order valence-electron chi connectivity index (χ4n) is 1.19. The van der Waals surface area contributed by atoms with Gasteiger partial charge in [0, 0.05) is 0 Å². The average molecular weight is 151 g/mol. The van der Waals surface area contributed by atoms with Crippen LogP contribution in [0, 0.1) is 13.8 Å². The van der Waals surface area contributed by atoms with Crippen LogP contribution >= 0.6 is 0 Å². The molecule has 0 atom stereocenters. The smallest absolute Gasteiger partial charge is 0.122 e. The van der Waals surface area contributed by atoms with E-state index in [1.165, 1.54) is 16.3 Å². The molecule has 0 saturated carbocycles. The molecule has 0 aliphatic rings. The Morgan fingerprint density at radius 1 is 1.10 bits per heavy atom. The van der Waals surface area contributed by atoms with Crippen molar-refractivity contribution in [3.63, 3.8) is 0 Å². The number of aryl methyl sites for hydroxylation is 2. The van der Waals surface area contributed by atoms with Crippen molar-refractivity contribution in [1.29, 1.82) is 0 Å². The van der Waals surface area contributed by atoms with Crippen LogP contribution in [0.15, 0.2) is 18.2 Å². The van der Waals surface area contributed by atoms with E-state index in [9.17, 15) is 0 Å². The minimum Gasteiger partial charge on any atom is -0.352 e. The first kappa shape index (κ1) is 7.50. The second-order valence-electron chi connectivity index (χ2n) is 2.70. The van der Waals surface area contributed by atoms with Gasteiger partial charge in [0.1, 0.15) is 9.68 Å². The van der Waals surface area contributed by atoms with E-state index in [-0.39, 0.29) is 0 Å². The minimum absolute atomic E-state index is 0.452. The summed E-state index contributed by atoms with van der Waals surface area (Å²) in [7, 11) is -0.452. The number of nitrogens with two attached hydrogens (primary N) is 1. The van der Waals surface area contributed by atoms with Crippen molar-refractivity contribution in [1.82, 2.24) is 0 Å². The molecule has 2 N–H and O–H groups in total. The lowest BCUT2D eigenvalue weighted by molar-refractivity contribution is 1.40. The lowest BCUT2D eigenvalue weighted by atomic mass is 10.2. The number of hydrogen-bond donors (Lipinski definition) is 1. The van der Waals surface area contributed by atoms with Crippen LogP contribution in [0.1, 0.15) is 11.1 Å². The predicted molar refractivity (Wildman–Crippen MR) is 48.3 cm³/mol. The van der Waals surface area contributed by atoms with Crippen molar-refractivity contribution in [3.8, 4) is 0 Å². The third kappa shape index (κ3) is 1.69. The van der Waals surface area contributed by atoms with Gasteiger partial charge in [0.15, 0.2) is 0 Å². The minimum atomic E-state index is -0.452. The molecule has 0 radical (unpaired) electrons. The Labute approximate surface area is 64.2 Å². The quantitative estimate of drug-likeness (QED) is 0.561. The molecule has 1 aromatic rings. The summed E-state index contributed by atoms with van der Waals surface area (Å²) in [5.74, 6) is 0. The maximum absolute atomic E-state index is 5.63. The van der Waals surface area contributed by atoms with Gasteiger partial charge in [-0.3, -0.25) is 0 Å². The summed E-state index contributed by atoms with van der Waals surface area (Å²) in [6.07, 6.45) is 0. The summed E-state index contributed by atoms with van der Waals surface area (Å²) < 4.78 is 0. The molecule has 1 aromatic carbocycles. The third-order valence-electron chi connectivity index (χ3n) is 1.52. The van der Waals surface area contributed by atoms with E-state index in [1.807, 2.05) is 0 Å². The summed E-state index contributed by atoms with van der Waals surface area (Å²) in [6.45, 7) is 4.22. The largest absolute Gasteiger partial charge is 0.352 e. The van der Waals surface area contributed by atoms with Crippen molar-refractivity contribution < 1.29 is 0 Å². The fourth-order valence-corrected chi connectivity index (χ4v) is 2.07. The monoisotopic (exact) mass is 151 g/mol. The van der Waals surface area contributed by atoms with Crippen LogP contribution in [0.4, 0.5) is 0 Å². The van der Waals surface area contributed by atoms with E-state index in [2.05, 4.69) is 32.0 Å². The van der Waals surface area contributed by atoms with E-state index in [0.29, 0.717) is 0 Å². The van der Waals surface area contributed by atoms with Gasteiger partial charge in [0.05, 0.1) is 0 Å². The Balaban J connectivity index is 3.06. The molecule has 1 rings (SSSR count). The Bertz CT molecular complexity index is 212. The van der Waals surface area contributed by atoms with Crippen LogP contribution in [0.5, 0.6) is 0 Å². The lowest BCUT2D eigenvalue weighted by Crippen LogP contribution is -2.23. The zero-order valence-electron chi connectivity index (χ0n) is 6.52. The molecule has 0 fully saturated rings. The van der Waals surface area contributed by atoms with Crippen LogP contribution in [-0.2, 0) is 0 Å². The van der Waals surface area contributed by atoms with Gasteiger partial charge in [-0.25, -0.2) is 0 Å². The van der Waals surface area contributed by atoms with Crippen LogP contribution in [0.3, 0.4) is 0 Å². The Morgan fingerprint density at radius 2 is 1.60 bits per heavy atom. The summed E-state index contributed by atoms with van der Waals surface area (Å²) in [6, 6.07) is 6.53. The van der Waals surface area contributed by atoms with E-state index >= 15 is 0 Å². The standard InChI is InChI=1S/C8H13NSi/c1-6-3-7(2)5-8(4-6)10-9/h3-5H,9-10H2,1-2H3. The van der Waals surface area contributed by atoms with Gasteiger partial charge in [-0.2, -0.15) is 0 Å². The first-order chi connectivity index (χ1) is 4.72. The van der Waals surface area contributed by atoms with Gasteiger partial charge < -0.3 is 5.40 Å². The van der Waals surface area contributed by atoms with Crippen molar-refractivity contribution in [2.24, 2.45) is 5.40 Å². The molecule has 0 aliphatic carbocycles. The topological polar surface area (TPSA) is 26.0 Å². The first-order valence-corrected chi connectivity index (χ1v) is 5.02. The molecule has 1 nitrogen and oxygen atoms in total. The summed E-state index contributed by atoms with van der Waals surface area (Å²) in [5, 5.41) is 6.99. The molecule has 0 aliphatic heterocycles. The summed E-state index contributed by atoms with van der Waals surface area (Å²) in [4.78, 5) is 0. The zero-order chi connectivity index (χ0) is 7.56. The average Bonchev–Trinajstić information content (AvgIpc) is 1.85. The predicted octanol–water partition coefficient (Wildman–Crippen LogP) is -0.0288. The highest BCUT2D eigenvalue weighted by Gasteiger charge is 1.91. The number of hydrogen-bond acceptors (Lipinski definition) is 1. The zero-order valence-corrected chi connectivity index (χ0v) is 7.93. The second kappa shape index (κ2) is 2.99. The summed E-state index contributed by atoms with van der Waals surface area (Å²) >= 11 is 0. The van der Waals surface area contributed by atoms with E-state index in [4.69, 9.17) is 5.40 Å². The van der Waals surface area contributed by atoms with E-state index in [1.54, 1.807) is 0 Å². The van der Waals surface area contributed by atoms with Gasteiger partial charge in [0.2, 0.25) is 0 Å². The molecule has 0 aromatic heterocycles. The molecule has 0 unspecified atom stereocenters. The first-order valence-electron chi connectivity index (χ1n) is 3.49. The highest BCUT2D eigenvalue weighted by molar-refractivity contribution is 6.50.